The van der Waals surface area contributed by atoms with Crippen LogP contribution in [-0.2, 0) is 21.0 Å². The second-order valence-corrected chi connectivity index (χ2v) is 5.32. The van der Waals surface area contributed by atoms with Crippen molar-refractivity contribution in [3.05, 3.63) is 47.5 Å². The van der Waals surface area contributed by atoms with Crippen molar-refractivity contribution < 1.29 is 14.4 Å². The number of allylic oxidation sites excluding steroid dienone is 1. The second kappa shape index (κ2) is 7.96. The van der Waals surface area contributed by atoms with E-state index in [1.807, 2.05) is 18.2 Å². The highest BCUT2D eigenvalue weighted by molar-refractivity contribution is 5.87. The van der Waals surface area contributed by atoms with Gasteiger partial charge < -0.3 is 4.74 Å². The summed E-state index contributed by atoms with van der Waals surface area (Å²) in [5.41, 5.74) is 2.39. The number of hydrogen-bond acceptors (Lipinski definition) is 3. The van der Waals surface area contributed by atoms with Gasteiger partial charge in [0.1, 0.15) is 0 Å². The van der Waals surface area contributed by atoms with Gasteiger partial charge in [0, 0.05) is 13.1 Å². The van der Waals surface area contributed by atoms with Gasteiger partial charge in [-0.1, -0.05) is 35.9 Å². The lowest BCUT2D eigenvalue weighted by molar-refractivity contribution is -0.162. The van der Waals surface area contributed by atoms with Crippen LogP contribution in [0, 0.1) is 0 Å². The summed E-state index contributed by atoms with van der Waals surface area (Å²) in [4.78, 5) is 16.6. The van der Waals surface area contributed by atoms with Gasteiger partial charge in [0.15, 0.2) is 0 Å². The van der Waals surface area contributed by atoms with Crippen molar-refractivity contribution in [2.24, 2.45) is 0 Å². The van der Waals surface area contributed by atoms with E-state index < -0.39 is 0 Å². The maximum atomic E-state index is 11.7. The molecule has 0 heterocycles. The van der Waals surface area contributed by atoms with Crippen LogP contribution in [0.4, 0.5) is 0 Å². The lowest BCUT2D eigenvalue weighted by Gasteiger charge is -2.24. The predicted molar refractivity (Wildman–Crippen MR) is 81.3 cm³/mol. The summed E-state index contributed by atoms with van der Waals surface area (Å²) in [5, 5.41) is 1.24. The van der Waals surface area contributed by atoms with Gasteiger partial charge >= 0.3 is 0 Å². The fourth-order valence-corrected chi connectivity index (χ4v) is 2.42. The van der Waals surface area contributed by atoms with Crippen molar-refractivity contribution in [2.45, 2.75) is 38.4 Å². The Hall–Kier alpha value is -1.65. The standard InChI is InChI=1S/C17H23NO3/c1-18(20-2)17(19)12-14-8-10-16(11-9-14)21-13-15-6-4-3-5-7-15/h3-7,12,16H,8-11,13H2,1-2H3. The molecule has 114 valence electrons. The van der Waals surface area contributed by atoms with E-state index in [1.54, 1.807) is 13.1 Å². The van der Waals surface area contributed by atoms with Crippen molar-refractivity contribution in [3.8, 4) is 0 Å². The Bertz CT molecular complexity index is 474. The Kier molecular flexibility index (Phi) is 5.96. The van der Waals surface area contributed by atoms with Gasteiger partial charge in [0.2, 0.25) is 0 Å². The molecular weight excluding hydrogens is 266 g/mol. The molecule has 0 aliphatic heterocycles. The van der Waals surface area contributed by atoms with Gasteiger partial charge in [-0.15, -0.1) is 0 Å². The van der Waals surface area contributed by atoms with Crippen LogP contribution in [0.3, 0.4) is 0 Å². The Labute approximate surface area is 126 Å². The summed E-state index contributed by atoms with van der Waals surface area (Å²) < 4.78 is 5.94. The molecule has 1 aliphatic rings. The molecule has 1 amide bonds. The molecule has 0 unspecified atom stereocenters. The maximum absolute atomic E-state index is 11.7. The number of nitrogens with zero attached hydrogens (tertiary/aromatic N) is 1. The van der Waals surface area contributed by atoms with E-state index in [0.717, 1.165) is 25.7 Å². The minimum atomic E-state index is -0.101. The number of hydrogen-bond donors (Lipinski definition) is 0. The van der Waals surface area contributed by atoms with Gasteiger partial charge in [0.05, 0.1) is 19.8 Å². The van der Waals surface area contributed by atoms with Crippen LogP contribution in [0.1, 0.15) is 31.2 Å². The van der Waals surface area contributed by atoms with Crippen molar-refractivity contribution in [3.63, 3.8) is 0 Å². The molecule has 1 aromatic carbocycles. The zero-order valence-electron chi connectivity index (χ0n) is 12.7. The summed E-state index contributed by atoms with van der Waals surface area (Å²) in [5.74, 6) is -0.101. The van der Waals surface area contributed by atoms with Gasteiger partial charge in [-0.2, -0.15) is 0 Å². The van der Waals surface area contributed by atoms with Crippen LogP contribution in [0.5, 0.6) is 0 Å². The van der Waals surface area contributed by atoms with E-state index in [2.05, 4.69) is 12.1 Å². The highest BCUT2D eigenvalue weighted by Crippen LogP contribution is 2.26. The molecule has 1 aliphatic carbocycles. The lowest BCUT2D eigenvalue weighted by atomic mass is 9.92. The molecule has 0 radical (unpaired) electrons. The van der Waals surface area contributed by atoms with E-state index in [4.69, 9.17) is 9.57 Å². The predicted octanol–water partition coefficient (Wildman–Crippen LogP) is 3.09. The number of hydroxylamine groups is 2. The van der Waals surface area contributed by atoms with Crippen LogP contribution in [0.25, 0.3) is 0 Å². The molecule has 0 atom stereocenters. The molecule has 4 nitrogen and oxygen atoms in total. The Morgan fingerprint density at radius 2 is 1.95 bits per heavy atom. The Balaban J connectivity index is 1.75. The molecule has 4 heteroatoms. The molecule has 0 aromatic heterocycles. The minimum Gasteiger partial charge on any atom is -0.374 e. The number of benzene rings is 1. The van der Waals surface area contributed by atoms with Gasteiger partial charge in [-0.3, -0.25) is 9.63 Å². The third-order valence-corrected chi connectivity index (χ3v) is 3.82. The monoisotopic (exact) mass is 289 g/mol. The average Bonchev–Trinajstić information content (AvgIpc) is 2.54. The molecule has 0 N–H and O–H groups in total. The summed E-state index contributed by atoms with van der Waals surface area (Å²) in [6, 6.07) is 10.2. The lowest BCUT2D eigenvalue weighted by Crippen LogP contribution is -2.24. The average molecular weight is 289 g/mol. The molecule has 21 heavy (non-hydrogen) atoms. The van der Waals surface area contributed by atoms with E-state index in [9.17, 15) is 4.79 Å². The zero-order chi connectivity index (χ0) is 15.1. The fourth-order valence-electron chi connectivity index (χ4n) is 2.42. The number of amides is 1. The maximum Gasteiger partial charge on any atom is 0.269 e. The quantitative estimate of drug-likeness (QED) is 0.617. The summed E-state index contributed by atoms with van der Waals surface area (Å²) >= 11 is 0. The first-order valence-corrected chi connectivity index (χ1v) is 7.36. The SMILES string of the molecule is CON(C)C(=O)C=C1CCC(OCc2ccccc2)CC1. The highest BCUT2D eigenvalue weighted by atomic mass is 16.7. The molecule has 2 rings (SSSR count). The number of carbonyl (C=O) groups excluding carboxylic acids is 1. The van der Waals surface area contributed by atoms with E-state index >= 15 is 0 Å². The van der Waals surface area contributed by atoms with Crippen LogP contribution >= 0.6 is 0 Å². The van der Waals surface area contributed by atoms with Gasteiger partial charge in [0.25, 0.3) is 5.91 Å². The highest BCUT2D eigenvalue weighted by Gasteiger charge is 2.18. The summed E-state index contributed by atoms with van der Waals surface area (Å²) in [6.45, 7) is 0.663. The van der Waals surface area contributed by atoms with Crippen LogP contribution in [0.15, 0.2) is 42.0 Å². The van der Waals surface area contributed by atoms with Crippen molar-refractivity contribution in [1.29, 1.82) is 0 Å². The van der Waals surface area contributed by atoms with Crippen LogP contribution in [-0.4, -0.2) is 31.2 Å². The number of ether oxygens (including phenoxy) is 1. The molecule has 1 aromatic rings. The summed E-state index contributed by atoms with van der Waals surface area (Å²) in [6.07, 6.45) is 5.77. The van der Waals surface area contributed by atoms with Crippen molar-refractivity contribution in [2.75, 3.05) is 14.2 Å². The van der Waals surface area contributed by atoms with Crippen LogP contribution in [0.2, 0.25) is 0 Å². The minimum absolute atomic E-state index is 0.101. The Morgan fingerprint density at radius 1 is 1.29 bits per heavy atom. The number of likely N-dealkylation sites (N-methyl/N-ethyl adjacent to an activating group) is 1. The van der Waals surface area contributed by atoms with E-state index in [-0.39, 0.29) is 12.0 Å². The molecule has 0 bridgehead atoms. The van der Waals surface area contributed by atoms with Gasteiger partial charge in [-0.05, 0) is 31.2 Å². The largest absolute Gasteiger partial charge is 0.374 e. The molecule has 0 spiro atoms. The molecular formula is C17H23NO3. The van der Waals surface area contributed by atoms with E-state index in [0.29, 0.717) is 6.61 Å². The topological polar surface area (TPSA) is 38.8 Å². The first kappa shape index (κ1) is 15.7. The molecule has 1 fully saturated rings. The first-order chi connectivity index (χ1) is 10.2. The number of carbonyl (C=O) groups is 1. The first-order valence-electron chi connectivity index (χ1n) is 7.36. The molecule has 0 saturated heterocycles. The Morgan fingerprint density at radius 3 is 2.57 bits per heavy atom. The van der Waals surface area contributed by atoms with Crippen molar-refractivity contribution in [1.82, 2.24) is 5.06 Å². The van der Waals surface area contributed by atoms with Gasteiger partial charge in [-0.25, -0.2) is 5.06 Å². The number of rotatable bonds is 5. The third kappa shape index (κ3) is 4.99. The van der Waals surface area contributed by atoms with Crippen LogP contribution < -0.4 is 0 Å². The summed E-state index contributed by atoms with van der Waals surface area (Å²) in [7, 11) is 3.11. The van der Waals surface area contributed by atoms with Crippen molar-refractivity contribution >= 4 is 5.91 Å². The van der Waals surface area contributed by atoms with E-state index in [1.165, 1.54) is 23.3 Å². The molecule has 1 saturated carbocycles. The normalized spacial score (nSPS) is 18.4. The second-order valence-electron chi connectivity index (χ2n) is 5.32. The fraction of sp³-hybridized carbons (Fsp3) is 0.471. The third-order valence-electron chi connectivity index (χ3n) is 3.82. The zero-order valence-corrected chi connectivity index (χ0v) is 12.7. The smallest absolute Gasteiger partial charge is 0.269 e.